The summed E-state index contributed by atoms with van der Waals surface area (Å²) in [5.41, 5.74) is 0. The molecule has 2 heterocycles. The molecular weight excluding hydrogens is 375 g/mol. The number of amides is 1. The minimum atomic E-state index is -3.96. The van der Waals surface area contributed by atoms with Gasteiger partial charge in [-0.15, -0.1) is 0 Å². The molecule has 1 aromatic rings. The highest BCUT2D eigenvalue weighted by molar-refractivity contribution is 7.89. The van der Waals surface area contributed by atoms with Crippen molar-refractivity contribution in [1.29, 1.82) is 0 Å². The van der Waals surface area contributed by atoms with Crippen LogP contribution in [0.3, 0.4) is 0 Å². The van der Waals surface area contributed by atoms with Crippen LogP contribution in [0.1, 0.15) is 25.7 Å². The van der Waals surface area contributed by atoms with E-state index in [0.717, 1.165) is 25.0 Å². The SMILES string of the molecule is COc1ccc(F)cc1S(=O)(=O)N1CCC[C@@H](C(=O)NC[C@H]2CCCO2)C1. The Morgan fingerprint density at radius 2 is 2.19 bits per heavy atom. The second-order valence-corrected chi connectivity index (χ2v) is 8.78. The summed E-state index contributed by atoms with van der Waals surface area (Å²) in [4.78, 5) is 12.3. The first-order chi connectivity index (χ1) is 12.9. The van der Waals surface area contributed by atoms with Crippen molar-refractivity contribution in [2.24, 2.45) is 5.92 Å². The summed E-state index contributed by atoms with van der Waals surface area (Å²) in [5.74, 6) is -1.18. The number of ether oxygens (including phenoxy) is 2. The van der Waals surface area contributed by atoms with Crippen LogP contribution in [0.5, 0.6) is 5.75 Å². The molecule has 9 heteroatoms. The van der Waals surface area contributed by atoms with Crippen LogP contribution in [0.25, 0.3) is 0 Å². The number of hydrogen-bond donors (Lipinski definition) is 1. The second kappa shape index (κ2) is 8.53. The Balaban J connectivity index is 1.69. The van der Waals surface area contributed by atoms with Crippen LogP contribution in [0.4, 0.5) is 4.39 Å². The zero-order valence-corrected chi connectivity index (χ0v) is 16.1. The summed E-state index contributed by atoms with van der Waals surface area (Å²) < 4.78 is 51.4. The second-order valence-electron chi connectivity index (χ2n) is 6.88. The quantitative estimate of drug-likeness (QED) is 0.783. The monoisotopic (exact) mass is 400 g/mol. The molecule has 0 aromatic heterocycles. The minimum Gasteiger partial charge on any atom is -0.495 e. The van der Waals surface area contributed by atoms with Crippen LogP contribution >= 0.6 is 0 Å². The highest BCUT2D eigenvalue weighted by Gasteiger charge is 2.35. The molecule has 2 aliphatic rings. The van der Waals surface area contributed by atoms with E-state index in [1.54, 1.807) is 0 Å². The molecular formula is C18H25FN2O5S. The number of carbonyl (C=O) groups is 1. The van der Waals surface area contributed by atoms with Crippen molar-refractivity contribution >= 4 is 15.9 Å². The first-order valence-corrected chi connectivity index (χ1v) is 10.6. The lowest BCUT2D eigenvalue weighted by Gasteiger charge is -2.31. The van der Waals surface area contributed by atoms with Gasteiger partial charge in [0.05, 0.1) is 19.1 Å². The van der Waals surface area contributed by atoms with Crippen LogP contribution < -0.4 is 10.1 Å². The number of hydrogen-bond acceptors (Lipinski definition) is 5. The lowest BCUT2D eigenvalue weighted by Crippen LogP contribution is -2.46. The summed E-state index contributed by atoms with van der Waals surface area (Å²) in [6.45, 7) is 1.52. The van der Waals surface area contributed by atoms with Gasteiger partial charge in [-0.3, -0.25) is 4.79 Å². The molecule has 0 aliphatic carbocycles. The van der Waals surface area contributed by atoms with Crippen LogP contribution in [0.2, 0.25) is 0 Å². The zero-order valence-electron chi connectivity index (χ0n) is 15.3. The Labute approximate surface area is 158 Å². The van der Waals surface area contributed by atoms with Crippen molar-refractivity contribution in [3.05, 3.63) is 24.0 Å². The van der Waals surface area contributed by atoms with Crippen molar-refractivity contribution in [2.75, 3.05) is 33.4 Å². The average molecular weight is 400 g/mol. The molecule has 0 bridgehead atoms. The molecule has 1 aromatic carbocycles. The number of rotatable bonds is 6. The predicted molar refractivity (Wildman–Crippen MR) is 96.4 cm³/mol. The number of sulfonamides is 1. The molecule has 0 radical (unpaired) electrons. The fourth-order valence-electron chi connectivity index (χ4n) is 3.53. The van der Waals surface area contributed by atoms with Crippen LogP contribution in [-0.4, -0.2) is 58.1 Å². The fraction of sp³-hybridized carbons (Fsp3) is 0.611. The van der Waals surface area contributed by atoms with E-state index >= 15 is 0 Å². The third-order valence-electron chi connectivity index (χ3n) is 5.03. The van der Waals surface area contributed by atoms with E-state index in [0.29, 0.717) is 26.0 Å². The van der Waals surface area contributed by atoms with E-state index in [2.05, 4.69) is 5.32 Å². The summed E-state index contributed by atoms with van der Waals surface area (Å²) in [6, 6.07) is 3.39. The third-order valence-corrected chi connectivity index (χ3v) is 6.91. The molecule has 27 heavy (non-hydrogen) atoms. The van der Waals surface area contributed by atoms with Gasteiger partial charge in [-0.05, 0) is 43.9 Å². The van der Waals surface area contributed by atoms with Gasteiger partial charge in [0.1, 0.15) is 16.5 Å². The summed E-state index contributed by atoms with van der Waals surface area (Å²) in [6.07, 6.45) is 3.13. The highest BCUT2D eigenvalue weighted by atomic mass is 32.2. The number of carbonyl (C=O) groups excluding carboxylic acids is 1. The number of benzene rings is 1. The number of halogens is 1. The minimum absolute atomic E-state index is 0.0360. The van der Waals surface area contributed by atoms with Gasteiger partial charge in [0.15, 0.2) is 0 Å². The van der Waals surface area contributed by atoms with Crippen molar-refractivity contribution < 1.29 is 27.1 Å². The van der Waals surface area contributed by atoms with Gasteiger partial charge in [-0.25, -0.2) is 12.8 Å². The van der Waals surface area contributed by atoms with E-state index in [1.807, 2.05) is 0 Å². The fourth-order valence-corrected chi connectivity index (χ4v) is 5.22. The Hall–Kier alpha value is -1.71. The first-order valence-electron chi connectivity index (χ1n) is 9.15. The summed E-state index contributed by atoms with van der Waals surface area (Å²) in [5, 5.41) is 2.87. The maximum atomic E-state index is 13.6. The van der Waals surface area contributed by atoms with Crippen LogP contribution in [0, 0.1) is 11.7 Å². The molecule has 150 valence electrons. The maximum absolute atomic E-state index is 13.6. The normalized spacial score (nSPS) is 23.9. The molecule has 1 amide bonds. The molecule has 0 saturated carbocycles. The molecule has 2 saturated heterocycles. The van der Waals surface area contributed by atoms with Gasteiger partial charge in [-0.2, -0.15) is 4.31 Å². The topological polar surface area (TPSA) is 84.9 Å². The predicted octanol–water partition coefficient (Wildman–Crippen LogP) is 1.53. The standard InChI is InChI=1S/C18H25FN2O5S/c1-25-16-7-6-14(19)10-17(16)27(23,24)21-8-2-4-13(12-21)18(22)20-11-15-5-3-9-26-15/h6-7,10,13,15H,2-5,8-9,11-12H2,1H3,(H,20,22)/t13-,15-/m1/s1. The van der Waals surface area contributed by atoms with Gasteiger partial charge >= 0.3 is 0 Å². The highest BCUT2D eigenvalue weighted by Crippen LogP contribution is 2.30. The van der Waals surface area contributed by atoms with Crippen molar-refractivity contribution in [2.45, 2.75) is 36.7 Å². The van der Waals surface area contributed by atoms with Crippen LogP contribution in [-0.2, 0) is 19.6 Å². The third kappa shape index (κ3) is 4.59. The lowest BCUT2D eigenvalue weighted by atomic mass is 9.99. The summed E-state index contributed by atoms with van der Waals surface area (Å²) >= 11 is 0. The lowest BCUT2D eigenvalue weighted by molar-refractivity contribution is -0.126. The Morgan fingerprint density at radius 1 is 1.37 bits per heavy atom. The molecule has 2 aliphatic heterocycles. The number of piperidine rings is 1. The molecule has 3 rings (SSSR count). The number of nitrogens with one attached hydrogen (secondary N) is 1. The Morgan fingerprint density at radius 3 is 2.89 bits per heavy atom. The van der Waals surface area contributed by atoms with Gasteiger partial charge in [0.25, 0.3) is 0 Å². The first kappa shape index (κ1) is 20.0. The van der Waals surface area contributed by atoms with Crippen LogP contribution in [0.15, 0.2) is 23.1 Å². The van der Waals surface area contributed by atoms with E-state index in [4.69, 9.17) is 9.47 Å². The molecule has 7 nitrogen and oxygen atoms in total. The van der Waals surface area contributed by atoms with Gasteiger partial charge in [0.2, 0.25) is 15.9 Å². The van der Waals surface area contributed by atoms with Crippen molar-refractivity contribution in [1.82, 2.24) is 9.62 Å². The van der Waals surface area contributed by atoms with Gasteiger partial charge in [0, 0.05) is 26.2 Å². The van der Waals surface area contributed by atoms with E-state index < -0.39 is 21.8 Å². The molecule has 2 atom stereocenters. The molecule has 0 spiro atoms. The number of methoxy groups -OCH3 is 1. The van der Waals surface area contributed by atoms with E-state index in [1.165, 1.54) is 17.5 Å². The Kier molecular flexibility index (Phi) is 6.33. The van der Waals surface area contributed by atoms with Crippen molar-refractivity contribution in [3.63, 3.8) is 0 Å². The molecule has 0 unspecified atom stereocenters. The van der Waals surface area contributed by atoms with E-state index in [-0.39, 0.29) is 35.7 Å². The van der Waals surface area contributed by atoms with Crippen molar-refractivity contribution in [3.8, 4) is 5.75 Å². The maximum Gasteiger partial charge on any atom is 0.246 e. The van der Waals surface area contributed by atoms with Gasteiger partial charge < -0.3 is 14.8 Å². The molecule has 2 fully saturated rings. The smallest absolute Gasteiger partial charge is 0.246 e. The zero-order chi connectivity index (χ0) is 19.4. The van der Waals surface area contributed by atoms with Gasteiger partial charge in [-0.1, -0.05) is 0 Å². The number of nitrogens with zero attached hydrogens (tertiary/aromatic N) is 1. The summed E-state index contributed by atoms with van der Waals surface area (Å²) in [7, 11) is -2.62. The Bertz CT molecular complexity index is 780. The molecule has 1 N–H and O–H groups in total. The largest absolute Gasteiger partial charge is 0.495 e. The average Bonchev–Trinajstić information content (AvgIpc) is 3.19. The van der Waals surface area contributed by atoms with E-state index in [9.17, 15) is 17.6 Å².